The zero-order valence-corrected chi connectivity index (χ0v) is 20.0. The highest BCUT2D eigenvalue weighted by Gasteiger charge is 2.31. The molecule has 0 heterocycles. The van der Waals surface area contributed by atoms with Gasteiger partial charge in [-0.25, -0.2) is 0 Å². The molecular formula is C23H51N3O3. The van der Waals surface area contributed by atoms with E-state index >= 15 is 0 Å². The summed E-state index contributed by atoms with van der Waals surface area (Å²) in [5.41, 5.74) is 5.53. The fourth-order valence-corrected chi connectivity index (χ4v) is 3.68. The van der Waals surface area contributed by atoms with Crippen LogP contribution in [0.1, 0.15) is 85.5 Å². The minimum Gasteiger partial charge on any atom is -0.329 e. The Morgan fingerprint density at radius 1 is 0.690 bits per heavy atom. The number of hydrogen-bond donors (Lipinski definition) is 2. The van der Waals surface area contributed by atoms with Crippen molar-refractivity contribution in [3.8, 4) is 0 Å². The van der Waals surface area contributed by atoms with Crippen LogP contribution >= 0.6 is 0 Å². The third-order valence-electron chi connectivity index (χ3n) is 5.02. The molecule has 0 spiro atoms. The highest BCUT2D eigenvalue weighted by molar-refractivity contribution is 4.61. The predicted octanol–water partition coefficient (Wildman–Crippen LogP) is 4.13. The lowest BCUT2D eigenvalue weighted by atomic mass is 10.1. The molecule has 0 aromatic rings. The zero-order valence-electron chi connectivity index (χ0n) is 20.0. The molecule has 0 fully saturated rings. The van der Waals surface area contributed by atoms with E-state index in [4.69, 9.17) is 19.9 Å². The van der Waals surface area contributed by atoms with Crippen LogP contribution in [0.4, 0.5) is 0 Å². The van der Waals surface area contributed by atoms with Crippen LogP contribution in [0.25, 0.3) is 0 Å². The maximum Gasteiger partial charge on any atom is 0.282 e. The lowest BCUT2D eigenvalue weighted by Gasteiger charge is -2.32. The second kappa shape index (κ2) is 21.0. The number of unbranched alkanes of at least 4 members (excludes halogenated alkanes) is 6. The standard InChI is InChI=1S/C23H51N3O3/c1-5-20-26(22-19-25-18-17-24)21-15-13-11-9-10-12-14-16-23(27-6-2,28-7-3)29-8-4/h25H,5-22,24H2,1-4H3. The first-order valence-electron chi connectivity index (χ1n) is 12.2. The van der Waals surface area contributed by atoms with Gasteiger partial charge in [0.2, 0.25) is 0 Å². The lowest BCUT2D eigenvalue weighted by Crippen LogP contribution is -2.39. The van der Waals surface area contributed by atoms with Crippen LogP contribution < -0.4 is 11.1 Å². The number of nitrogens with zero attached hydrogens (tertiary/aromatic N) is 1. The Morgan fingerprint density at radius 2 is 1.24 bits per heavy atom. The Hall–Kier alpha value is -0.240. The summed E-state index contributed by atoms with van der Waals surface area (Å²) in [6.45, 7) is 16.3. The van der Waals surface area contributed by atoms with E-state index in [9.17, 15) is 0 Å². The van der Waals surface area contributed by atoms with E-state index in [1.807, 2.05) is 20.8 Å². The summed E-state index contributed by atoms with van der Waals surface area (Å²) in [7, 11) is 0. The van der Waals surface area contributed by atoms with Crippen LogP contribution in [0.15, 0.2) is 0 Å². The van der Waals surface area contributed by atoms with E-state index < -0.39 is 5.97 Å². The molecule has 0 aliphatic carbocycles. The van der Waals surface area contributed by atoms with Gasteiger partial charge in [-0.3, -0.25) is 0 Å². The monoisotopic (exact) mass is 417 g/mol. The Labute approximate surface area is 181 Å². The van der Waals surface area contributed by atoms with Crippen molar-refractivity contribution in [3.05, 3.63) is 0 Å². The summed E-state index contributed by atoms with van der Waals surface area (Å²) in [5.74, 6) is -0.833. The Bertz CT molecular complexity index is 315. The molecule has 0 aromatic heterocycles. The van der Waals surface area contributed by atoms with E-state index in [0.717, 1.165) is 39.0 Å². The molecule has 0 atom stereocenters. The molecule has 29 heavy (non-hydrogen) atoms. The van der Waals surface area contributed by atoms with Gasteiger partial charge in [0.1, 0.15) is 0 Å². The van der Waals surface area contributed by atoms with Crippen molar-refractivity contribution in [2.75, 3.05) is 59.1 Å². The maximum atomic E-state index is 5.79. The third kappa shape index (κ3) is 16.2. The van der Waals surface area contributed by atoms with E-state index in [1.165, 1.54) is 58.0 Å². The molecule has 0 aliphatic rings. The highest BCUT2D eigenvalue weighted by atomic mass is 16.9. The molecule has 3 N–H and O–H groups in total. The molecule has 0 saturated heterocycles. The topological polar surface area (TPSA) is 69.0 Å². The average molecular weight is 418 g/mol. The SMILES string of the molecule is CCCN(CCCCCCCCCC(OCC)(OCC)OCC)CCNCCN. The molecule has 0 radical (unpaired) electrons. The predicted molar refractivity (Wildman–Crippen MR) is 123 cm³/mol. The first-order valence-corrected chi connectivity index (χ1v) is 12.2. The quantitative estimate of drug-likeness (QED) is 0.192. The fraction of sp³-hybridized carbons (Fsp3) is 1.00. The number of rotatable bonds is 23. The van der Waals surface area contributed by atoms with Gasteiger partial charge in [0, 0.05) is 52.4 Å². The summed E-state index contributed by atoms with van der Waals surface area (Å²) >= 11 is 0. The van der Waals surface area contributed by atoms with Gasteiger partial charge in [-0.15, -0.1) is 0 Å². The van der Waals surface area contributed by atoms with Crippen LogP contribution in [0.2, 0.25) is 0 Å². The number of nitrogens with two attached hydrogens (primary N) is 1. The van der Waals surface area contributed by atoms with Crippen molar-refractivity contribution in [1.29, 1.82) is 0 Å². The summed E-state index contributed by atoms with van der Waals surface area (Å²) < 4.78 is 17.4. The van der Waals surface area contributed by atoms with Crippen LogP contribution in [-0.2, 0) is 14.2 Å². The van der Waals surface area contributed by atoms with Gasteiger partial charge in [-0.2, -0.15) is 0 Å². The van der Waals surface area contributed by atoms with Crippen molar-refractivity contribution in [3.63, 3.8) is 0 Å². The molecule has 176 valence electrons. The van der Waals surface area contributed by atoms with Crippen molar-refractivity contribution in [1.82, 2.24) is 10.2 Å². The lowest BCUT2D eigenvalue weighted by molar-refractivity contribution is -0.380. The van der Waals surface area contributed by atoms with Gasteiger partial charge < -0.3 is 30.2 Å². The summed E-state index contributed by atoms with van der Waals surface area (Å²) in [4.78, 5) is 2.58. The second-order valence-electron chi connectivity index (χ2n) is 7.59. The van der Waals surface area contributed by atoms with Crippen LogP contribution in [0, 0.1) is 0 Å². The molecule has 0 amide bonds. The van der Waals surface area contributed by atoms with Gasteiger partial charge >= 0.3 is 0 Å². The van der Waals surface area contributed by atoms with Crippen LogP contribution in [0.5, 0.6) is 0 Å². The highest BCUT2D eigenvalue weighted by Crippen LogP contribution is 2.24. The number of ether oxygens (including phenoxy) is 3. The second-order valence-corrected chi connectivity index (χ2v) is 7.59. The van der Waals surface area contributed by atoms with E-state index in [2.05, 4.69) is 17.1 Å². The number of nitrogens with one attached hydrogen (secondary N) is 1. The maximum absolute atomic E-state index is 5.79. The molecule has 0 aliphatic heterocycles. The van der Waals surface area contributed by atoms with Crippen molar-refractivity contribution >= 4 is 0 Å². The Balaban J connectivity index is 3.80. The van der Waals surface area contributed by atoms with Crippen molar-refractivity contribution in [2.45, 2.75) is 91.5 Å². The van der Waals surface area contributed by atoms with Crippen molar-refractivity contribution < 1.29 is 14.2 Å². The Morgan fingerprint density at radius 3 is 1.76 bits per heavy atom. The van der Waals surface area contributed by atoms with Crippen LogP contribution in [0.3, 0.4) is 0 Å². The molecule has 0 aromatic carbocycles. The third-order valence-corrected chi connectivity index (χ3v) is 5.02. The molecule has 0 unspecified atom stereocenters. The molecule has 0 bridgehead atoms. The molecule has 6 nitrogen and oxygen atoms in total. The summed E-state index contributed by atoms with van der Waals surface area (Å²) in [6, 6.07) is 0. The first-order chi connectivity index (χ1) is 14.2. The molecule has 0 rings (SSSR count). The van der Waals surface area contributed by atoms with Gasteiger partial charge in [0.05, 0.1) is 0 Å². The molecular weight excluding hydrogens is 366 g/mol. The molecule has 6 heteroatoms. The van der Waals surface area contributed by atoms with Gasteiger partial charge in [0.25, 0.3) is 5.97 Å². The van der Waals surface area contributed by atoms with Gasteiger partial charge in [-0.1, -0.05) is 39.0 Å². The fourth-order valence-electron chi connectivity index (χ4n) is 3.68. The normalized spacial score (nSPS) is 12.2. The largest absolute Gasteiger partial charge is 0.329 e. The van der Waals surface area contributed by atoms with Crippen LogP contribution in [-0.4, -0.2) is 70.0 Å². The van der Waals surface area contributed by atoms with Gasteiger partial charge in [-0.05, 0) is 53.1 Å². The van der Waals surface area contributed by atoms with Gasteiger partial charge in [0.15, 0.2) is 0 Å². The Kier molecular flexibility index (Phi) is 20.8. The van der Waals surface area contributed by atoms with E-state index in [0.29, 0.717) is 19.8 Å². The number of hydrogen-bond acceptors (Lipinski definition) is 6. The first kappa shape index (κ1) is 28.8. The summed E-state index contributed by atoms with van der Waals surface area (Å²) in [5, 5.41) is 3.39. The zero-order chi connectivity index (χ0) is 21.6. The summed E-state index contributed by atoms with van der Waals surface area (Å²) in [6.07, 6.45) is 10.9. The minimum atomic E-state index is -0.833. The van der Waals surface area contributed by atoms with Crippen molar-refractivity contribution in [2.24, 2.45) is 5.73 Å². The average Bonchev–Trinajstić information content (AvgIpc) is 2.70. The molecule has 0 saturated carbocycles. The van der Waals surface area contributed by atoms with E-state index in [-0.39, 0.29) is 0 Å². The smallest absolute Gasteiger partial charge is 0.282 e. The minimum absolute atomic E-state index is 0.609. The van der Waals surface area contributed by atoms with E-state index in [1.54, 1.807) is 0 Å².